The molecule has 2 N–H and O–H groups in total. The van der Waals surface area contributed by atoms with E-state index in [0.717, 1.165) is 24.1 Å². The summed E-state index contributed by atoms with van der Waals surface area (Å²) in [5, 5.41) is 7.72. The lowest BCUT2D eigenvalue weighted by molar-refractivity contribution is 0.292. The molecule has 0 radical (unpaired) electrons. The van der Waals surface area contributed by atoms with E-state index in [9.17, 15) is 0 Å². The van der Waals surface area contributed by atoms with Crippen molar-refractivity contribution in [1.82, 2.24) is 15.5 Å². The van der Waals surface area contributed by atoms with Crippen LogP contribution in [0, 0.1) is 13.8 Å². The molecule has 0 fully saturated rings. The minimum atomic E-state index is 0.0542. The Kier molecular flexibility index (Phi) is 6.68. The number of thiocarbonyl (C=S) groups is 1. The number of hydrogen-bond acceptors (Lipinski definition) is 2. The van der Waals surface area contributed by atoms with E-state index in [1.54, 1.807) is 0 Å². The molecule has 0 bridgehead atoms. The van der Waals surface area contributed by atoms with E-state index in [1.807, 2.05) is 0 Å². The Morgan fingerprint density at radius 2 is 1.56 bits per heavy atom. The first-order valence-corrected chi connectivity index (χ1v) is 12.8. The van der Waals surface area contributed by atoms with E-state index in [1.165, 1.54) is 44.7 Å². The average molecular weight is 531 g/mol. The third-order valence-corrected chi connectivity index (χ3v) is 7.19. The molecule has 2 aliphatic rings. The summed E-state index contributed by atoms with van der Waals surface area (Å²) < 4.78 is 1.11. The molecular weight excluding hydrogens is 502 g/mol. The topological polar surface area (TPSA) is 27.3 Å². The van der Waals surface area contributed by atoms with Crippen molar-refractivity contribution in [3.63, 3.8) is 0 Å². The van der Waals surface area contributed by atoms with E-state index in [0.29, 0.717) is 5.11 Å². The number of nitrogens with zero attached hydrogens (tertiary/aromatic N) is 1. The van der Waals surface area contributed by atoms with Crippen LogP contribution in [-0.4, -0.2) is 23.1 Å². The van der Waals surface area contributed by atoms with Gasteiger partial charge in [-0.2, -0.15) is 0 Å². The third kappa shape index (κ3) is 5.17. The van der Waals surface area contributed by atoms with Crippen LogP contribution in [0.15, 0.2) is 94.1 Å². The molecule has 0 aromatic heterocycles. The average Bonchev–Trinajstić information content (AvgIpc) is 2.83. The summed E-state index contributed by atoms with van der Waals surface area (Å²) in [6, 6.07) is 26.2. The fraction of sp³-hybridized carbons (Fsp3) is 0.207. The zero-order valence-electron chi connectivity index (χ0n) is 19.4. The fourth-order valence-corrected chi connectivity index (χ4v) is 5.14. The van der Waals surface area contributed by atoms with Gasteiger partial charge in [0.15, 0.2) is 5.11 Å². The van der Waals surface area contributed by atoms with Gasteiger partial charge in [0.2, 0.25) is 0 Å². The standard InChI is InChI=1S/C29H28BrN3S/c1-19-3-7-21(8-4-19)15-24-17-33(16-22-9-13-25(30)14-10-22)18-26-27(31-29(34)32-28(24)26)23-11-5-20(2)6-12-23/h3-15,27H,16-18H2,1-2H3,(H2,31,32,34)/b24-15+. The second-order valence-electron chi connectivity index (χ2n) is 9.19. The highest BCUT2D eigenvalue weighted by Gasteiger charge is 2.33. The first-order valence-electron chi connectivity index (χ1n) is 11.6. The highest BCUT2D eigenvalue weighted by atomic mass is 79.9. The largest absolute Gasteiger partial charge is 0.352 e. The second-order valence-corrected chi connectivity index (χ2v) is 10.5. The predicted molar refractivity (Wildman–Crippen MR) is 148 cm³/mol. The van der Waals surface area contributed by atoms with Gasteiger partial charge in [-0.1, -0.05) is 87.7 Å². The van der Waals surface area contributed by atoms with Gasteiger partial charge < -0.3 is 10.6 Å². The maximum atomic E-state index is 5.66. The molecule has 0 saturated carbocycles. The molecule has 5 heteroatoms. The zero-order chi connectivity index (χ0) is 23.7. The maximum absolute atomic E-state index is 5.66. The molecule has 172 valence electrons. The fourth-order valence-electron chi connectivity index (χ4n) is 4.65. The minimum absolute atomic E-state index is 0.0542. The van der Waals surface area contributed by atoms with Crippen LogP contribution in [0.5, 0.6) is 0 Å². The Morgan fingerprint density at radius 1 is 0.912 bits per heavy atom. The number of aryl methyl sites for hydroxylation is 2. The van der Waals surface area contributed by atoms with Crippen molar-refractivity contribution in [3.8, 4) is 0 Å². The van der Waals surface area contributed by atoms with E-state index >= 15 is 0 Å². The lowest BCUT2D eigenvalue weighted by Crippen LogP contribution is -2.49. The quantitative estimate of drug-likeness (QED) is 0.380. The van der Waals surface area contributed by atoms with E-state index in [-0.39, 0.29) is 6.04 Å². The van der Waals surface area contributed by atoms with Crippen LogP contribution in [0.3, 0.4) is 0 Å². The van der Waals surface area contributed by atoms with Gasteiger partial charge in [-0.15, -0.1) is 0 Å². The number of halogens is 1. The Hall–Kier alpha value is -2.73. The smallest absolute Gasteiger partial charge is 0.171 e. The van der Waals surface area contributed by atoms with Crippen molar-refractivity contribution in [2.75, 3.05) is 13.1 Å². The van der Waals surface area contributed by atoms with Crippen molar-refractivity contribution < 1.29 is 0 Å². The Morgan fingerprint density at radius 3 is 2.24 bits per heavy atom. The van der Waals surface area contributed by atoms with Gasteiger partial charge in [0, 0.05) is 29.8 Å². The second kappa shape index (κ2) is 9.87. The minimum Gasteiger partial charge on any atom is -0.352 e. The molecule has 0 spiro atoms. The molecule has 34 heavy (non-hydrogen) atoms. The maximum Gasteiger partial charge on any atom is 0.171 e. The van der Waals surface area contributed by atoms with Gasteiger partial charge >= 0.3 is 0 Å². The van der Waals surface area contributed by atoms with Gasteiger partial charge in [-0.3, -0.25) is 4.90 Å². The number of nitrogens with one attached hydrogen (secondary N) is 2. The highest BCUT2D eigenvalue weighted by molar-refractivity contribution is 9.10. The van der Waals surface area contributed by atoms with Crippen LogP contribution >= 0.6 is 28.1 Å². The molecule has 3 nitrogen and oxygen atoms in total. The first-order chi connectivity index (χ1) is 16.4. The Bertz CT molecular complexity index is 1260. The van der Waals surface area contributed by atoms with Crippen LogP contribution in [0.25, 0.3) is 6.08 Å². The molecule has 1 atom stereocenters. The lowest BCUT2D eigenvalue weighted by atomic mass is 9.88. The van der Waals surface area contributed by atoms with Gasteiger partial charge in [0.25, 0.3) is 0 Å². The summed E-state index contributed by atoms with van der Waals surface area (Å²) in [4.78, 5) is 2.51. The molecule has 0 amide bonds. The molecule has 3 aromatic rings. The summed E-state index contributed by atoms with van der Waals surface area (Å²) in [5.74, 6) is 0. The Balaban J connectivity index is 1.56. The van der Waals surface area contributed by atoms with Gasteiger partial charge in [0.05, 0.1) is 6.04 Å². The first kappa shape index (κ1) is 23.0. The number of rotatable bonds is 4. The monoisotopic (exact) mass is 529 g/mol. The van der Waals surface area contributed by atoms with Crippen LogP contribution < -0.4 is 10.6 Å². The van der Waals surface area contributed by atoms with E-state index in [2.05, 4.69) is 124 Å². The van der Waals surface area contributed by atoms with Gasteiger partial charge in [-0.05, 0) is 72.1 Å². The van der Waals surface area contributed by atoms with Crippen molar-refractivity contribution in [2.45, 2.75) is 26.4 Å². The Labute approximate surface area is 215 Å². The molecule has 2 heterocycles. The predicted octanol–water partition coefficient (Wildman–Crippen LogP) is 6.44. The van der Waals surface area contributed by atoms with E-state index < -0.39 is 0 Å². The highest BCUT2D eigenvalue weighted by Crippen LogP contribution is 2.35. The van der Waals surface area contributed by atoms with Crippen LogP contribution in [0.1, 0.15) is 33.9 Å². The molecule has 1 unspecified atom stereocenters. The van der Waals surface area contributed by atoms with Crippen LogP contribution in [0.4, 0.5) is 0 Å². The van der Waals surface area contributed by atoms with Gasteiger partial charge in [0.1, 0.15) is 0 Å². The SMILES string of the molecule is Cc1ccc(/C=C2\CN(Cc3ccc(Br)cc3)CC3=C2NC(=S)NC3c2ccc(C)cc2)cc1. The molecule has 2 aliphatic heterocycles. The summed E-state index contributed by atoms with van der Waals surface area (Å²) in [7, 11) is 0. The summed E-state index contributed by atoms with van der Waals surface area (Å²) in [6.07, 6.45) is 2.30. The van der Waals surface area contributed by atoms with Crippen molar-refractivity contribution >= 4 is 39.3 Å². The van der Waals surface area contributed by atoms with Gasteiger partial charge in [-0.25, -0.2) is 0 Å². The number of benzene rings is 3. The molecule has 0 saturated heterocycles. The van der Waals surface area contributed by atoms with Crippen LogP contribution in [0.2, 0.25) is 0 Å². The number of hydrogen-bond donors (Lipinski definition) is 2. The van der Waals surface area contributed by atoms with Crippen molar-refractivity contribution in [3.05, 3.63) is 122 Å². The molecule has 0 aliphatic carbocycles. The third-order valence-electron chi connectivity index (χ3n) is 6.44. The normalized spacial score (nSPS) is 19.6. The zero-order valence-corrected chi connectivity index (χ0v) is 21.8. The van der Waals surface area contributed by atoms with Crippen molar-refractivity contribution in [1.29, 1.82) is 0 Å². The summed E-state index contributed by atoms with van der Waals surface area (Å²) in [5.41, 5.74) is 10.0. The summed E-state index contributed by atoms with van der Waals surface area (Å²) in [6.45, 7) is 6.87. The van der Waals surface area contributed by atoms with Crippen LogP contribution in [-0.2, 0) is 6.54 Å². The lowest BCUT2D eigenvalue weighted by Gasteiger charge is -2.40. The molecule has 3 aromatic carbocycles. The molecular formula is C29H28BrN3S. The van der Waals surface area contributed by atoms with E-state index in [4.69, 9.17) is 12.2 Å². The van der Waals surface area contributed by atoms with Crippen molar-refractivity contribution in [2.24, 2.45) is 0 Å². The molecule has 5 rings (SSSR count). The summed E-state index contributed by atoms with van der Waals surface area (Å²) >= 11 is 9.21.